The van der Waals surface area contributed by atoms with E-state index in [1.807, 2.05) is 13.8 Å². The molecule has 1 aliphatic rings. The molecule has 0 radical (unpaired) electrons. The molecule has 0 bridgehead atoms. The first kappa shape index (κ1) is 24.5. The lowest BCUT2D eigenvalue weighted by molar-refractivity contribution is 0.0510. The van der Waals surface area contributed by atoms with Gasteiger partial charge in [0, 0.05) is 37.2 Å². The molecule has 2 aromatic rings. The number of ether oxygens (including phenoxy) is 1. The Kier molecular flexibility index (Phi) is 7.60. The van der Waals surface area contributed by atoms with Crippen molar-refractivity contribution in [2.75, 3.05) is 20.3 Å². The van der Waals surface area contributed by atoms with Crippen LogP contribution in [0.5, 0.6) is 5.75 Å². The van der Waals surface area contributed by atoms with Gasteiger partial charge >= 0.3 is 0 Å². The van der Waals surface area contributed by atoms with E-state index < -0.39 is 17.1 Å². The normalized spacial score (nSPS) is 16.3. The van der Waals surface area contributed by atoms with Gasteiger partial charge in [0.25, 0.3) is 5.91 Å². The van der Waals surface area contributed by atoms with Crippen molar-refractivity contribution in [3.8, 4) is 5.75 Å². The molecule has 1 aromatic carbocycles. The fourth-order valence-corrected chi connectivity index (χ4v) is 4.54. The van der Waals surface area contributed by atoms with Crippen molar-refractivity contribution in [2.24, 2.45) is 10.9 Å². The fourth-order valence-electron chi connectivity index (χ4n) is 3.70. The van der Waals surface area contributed by atoms with Crippen LogP contribution in [0.1, 0.15) is 41.5 Å². The first-order valence-corrected chi connectivity index (χ1v) is 11.2. The number of hydrogen-bond donors (Lipinski definition) is 2. The lowest BCUT2D eigenvalue weighted by Crippen LogP contribution is -2.48. The summed E-state index contributed by atoms with van der Waals surface area (Å²) in [5.41, 5.74) is 0.147. The Morgan fingerprint density at radius 1 is 1.36 bits per heavy atom. The highest BCUT2D eigenvalue weighted by atomic mass is 32.2. The molecule has 176 valence electrons. The Morgan fingerprint density at radius 2 is 2.03 bits per heavy atom. The van der Waals surface area contributed by atoms with Gasteiger partial charge in [-0.2, -0.15) is 5.10 Å². The average Bonchev–Trinajstić information content (AvgIpc) is 2.78. The zero-order valence-electron chi connectivity index (χ0n) is 18.7. The largest absolute Gasteiger partial charge is 0.503 e. The summed E-state index contributed by atoms with van der Waals surface area (Å²) >= 11 is 1.08. The van der Waals surface area contributed by atoms with Crippen molar-refractivity contribution in [3.05, 3.63) is 69.9 Å². The summed E-state index contributed by atoms with van der Waals surface area (Å²) in [5.74, 6) is 4.13. The number of nitrogens with zero attached hydrogens (tertiary/aromatic N) is 3. The van der Waals surface area contributed by atoms with Gasteiger partial charge in [-0.1, -0.05) is 30.5 Å². The van der Waals surface area contributed by atoms with Crippen LogP contribution in [0.2, 0.25) is 0 Å². The number of aromatic nitrogens is 1. The highest BCUT2D eigenvalue weighted by Crippen LogP contribution is 2.32. The molecule has 3 N–H and O–H groups in total. The monoisotopic (exact) mass is 474 g/mol. The van der Waals surface area contributed by atoms with Gasteiger partial charge in [-0.25, -0.2) is 4.39 Å². The Bertz CT molecular complexity index is 1140. The van der Waals surface area contributed by atoms with E-state index in [1.165, 1.54) is 18.3 Å². The minimum Gasteiger partial charge on any atom is -0.503 e. The summed E-state index contributed by atoms with van der Waals surface area (Å²) in [4.78, 5) is 27.9. The maximum atomic E-state index is 13.2. The molecule has 0 spiro atoms. The van der Waals surface area contributed by atoms with Crippen LogP contribution in [-0.4, -0.2) is 51.8 Å². The Morgan fingerprint density at radius 3 is 2.61 bits per heavy atom. The molecule has 1 amide bonds. The van der Waals surface area contributed by atoms with E-state index in [1.54, 1.807) is 28.7 Å². The molecule has 33 heavy (non-hydrogen) atoms. The van der Waals surface area contributed by atoms with Crippen LogP contribution in [0.25, 0.3) is 4.91 Å². The Balaban J connectivity index is 1.95. The maximum Gasteiger partial charge on any atom is 0.274 e. The van der Waals surface area contributed by atoms with E-state index in [-0.39, 0.29) is 35.8 Å². The number of carbonyl (C=O) groups is 1. The van der Waals surface area contributed by atoms with Crippen molar-refractivity contribution in [1.82, 2.24) is 9.47 Å². The smallest absolute Gasteiger partial charge is 0.274 e. The molecule has 0 fully saturated rings. The third-order valence-corrected chi connectivity index (χ3v) is 6.36. The molecular weight excluding hydrogens is 447 g/mol. The third-order valence-electron chi connectivity index (χ3n) is 5.41. The van der Waals surface area contributed by atoms with Crippen molar-refractivity contribution in [1.29, 1.82) is 0 Å². The molecule has 0 unspecified atom stereocenters. The molecule has 1 aromatic heterocycles. The number of nitrogens with two attached hydrogens (primary N) is 1. The molecule has 2 heterocycles. The summed E-state index contributed by atoms with van der Waals surface area (Å²) in [6, 6.07) is 5.50. The van der Waals surface area contributed by atoms with Crippen LogP contribution >= 0.6 is 11.8 Å². The number of carbonyl (C=O) groups excluding carboxylic acids is 1. The van der Waals surface area contributed by atoms with Gasteiger partial charge in [0.2, 0.25) is 5.43 Å². The number of hydrazone groups is 1. The number of pyridine rings is 1. The van der Waals surface area contributed by atoms with E-state index in [2.05, 4.69) is 11.7 Å². The molecule has 0 saturated heterocycles. The second kappa shape index (κ2) is 10.2. The molecule has 1 aliphatic heterocycles. The molecule has 10 heteroatoms. The SMILES string of the molecule is C=C(S/C(Cc1ccc(F)cc1)=N\N)c1cn2c(c(O)c1=O)C(=O)N(C(C)C)C[C@@H]2COC. The van der Waals surface area contributed by atoms with Gasteiger partial charge in [-0.05, 0) is 31.5 Å². The zero-order chi connectivity index (χ0) is 24.3. The number of benzene rings is 1. The zero-order valence-corrected chi connectivity index (χ0v) is 19.6. The van der Waals surface area contributed by atoms with Crippen LogP contribution in [0, 0.1) is 5.82 Å². The van der Waals surface area contributed by atoms with Crippen LogP contribution < -0.4 is 11.3 Å². The average molecular weight is 475 g/mol. The minimum atomic E-state index is -0.702. The van der Waals surface area contributed by atoms with Crippen molar-refractivity contribution in [3.63, 3.8) is 0 Å². The standard InChI is InChI=1S/C23H27FN4O4S/c1-13(2)27-10-17(12-32-4)28-11-18(21(29)22(30)20(28)23(27)31)14(3)33-19(26-25)9-15-5-7-16(24)8-6-15/h5-8,11,13,17,30H,3,9-10,12,25H2,1-2,4H3/b26-19-/t17-/m1/s1. The molecule has 0 saturated carbocycles. The van der Waals surface area contributed by atoms with Crippen LogP contribution in [-0.2, 0) is 11.2 Å². The van der Waals surface area contributed by atoms with Gasteiger partial charge in [0.15, 0.2) is 11.4 Å². The summed E-state index contributed by atoms with van der Waals surface area (Å²) in [6.45, 7) is 8.36. The number of thioether (sulfide) groups is 1. The lowest BCUT2D eigenvalue weighted by atomic mass is 10.1. The van der Waals surface area contributed by atoms with Gasteiger partial charge < -0.3 is 25.2 Å². The summed E-state index contributed by atoms with van der Waals surface area (Å²) in [6.07, 6.45) is 1.84. The predicted molar refractivity (Wildman–Crippen MR) is 128 cm³/mol. The lowest BCUT2D eigenvalue weighted by Gasteiger charge is -2.38. The highest BCUT2D eigenvalue weighted by molar-refractivity contribution is 8.21. The number of fused-ring (bicyclic) bond motifs is 1. The van der Waals surface area contributed by atoms with Crippen LogP contribution in [0.15, 0.2) is 46.9 Å². The number of halogens is 1. The topological polar surface area (TPSA) is 110 Å². The number of aromatic hydroxyl groups is 1. The van der Waals surface area contributed by atoms with E-state index in [4.69, 9.17) is 10.6 Å². The molecule has 3 rings (SSSR count). The first-order chi connectivity index (χ1) is 15.7. The molecular formula is C23H27FN4O4S. The molecule has 0 aliphatic carbocycles. The van der Waals surface area contributed by atoms with Crippen LogP contribution in [0.3, 0.4) is 0 Å². The van der Waals surface area contributed by atoms with Crippen LogP contribution in [0.4, 0.5) is 4.39 Å². The van der Waals surface area contributed by atoms with Gasteiger partial charge in [0.1, 0.15) is 10.9 Å². The number of methoxy groups -OCH3 is 1. The third kappa shape index (κ3) is 5.12. The molecule has 1 atom stereocenters. The number of amides is 1. The second-order valence-corrected chi connectivity index (χ2v) is 9.16. The maximum absolute atomic E-state index is 13.2. The summed E-state index contributed by atoms with van der Waals surface area (Å²) < 4.78 is 20.1. The minimum absolute atomic E-state index is 0.0671. The highest BCUT2D eigenvalue weighted by Gasteiger charge is 2.36. The second-order valence-electron chi connectivity index (χ2n) is 7.99. The quantitative estimate of drug-likeness (QED) is 0.276. The van der Waals surface area contributed by atoms with E-state index >= 15 is 0 Å². The summed E-state index contributed by atoms with van der Waals surface area (Å²) in [5, 5.41) is 14.9. The fraction of sp³-hybridized carbons (Fsp3) is 0.348. The van der Waals surface area contributed by atoms with E-state index in [9.17, 15) is 19.1 Å². The van der Waals surface area contributed by atoms with E-state index in [0.717, 1.165) is 17.3 Å². The van der Waals surface area contributed by atoms with Crippen molar-refractivity contribution >= 4 is 27.6 Å². The van der Waals surface area contributed by atoms with Gasteiger partial charge in [-0.15, -0.1) is 0 Å². The van der Waals surface area contributed by atoms with E-state index in [0.29, 0.717) is 22.9 Å². The number of hydrogen-bond acceptors (Lipinski definition) is 7. The Hall–Kier alpha value is -3.11. The first-order valence-electron chi connectivity index (χ1n) is 10.3. The van der Waals surface area contributed by atoms with Gasteiger partial charge in [0.05, 0.1) is 18.2 Å². The number of rotatable bonds is 7. The van der Waals surface area contributed by atoms with Gasteiger partial charge in [-0.3, -0.25) is 9.59 Å². The van der Waals surface area contributed by atoms with Crippen molar-refractivity contribution < 1.29 is 19.0 Å². The van der Waals surface area contributed by atoms with Crippen molar-refractivity contribution in [2.45, 2.75) is 32.4 Å². The molecule has 8 nitrogen and oxygen atoms in total. The predicted octanol–water partition coefficient (Wildman–Crippen LogP) is 2.96. The Labute approximate surface area is 195 Å². The summed E-state index contributed by atoms with van der Waals surface area (Å²) in [7, 11) is 1.55.